The summed E-state index contributed by atoms with van der Waals surface area (Å²) >= 11 is 0. The number of hydrogen-bond acceptors (Lipinski definition) is 3. The zero-order chi connectivity index (χ0) is 20.1. The molecule has 0 unspecified atom stereocenters. The van der Waals surface area contributed by atoms with E-state index in [0.29, 0.717) is 0 Å². The van der Waals surface area contributed by atoms with E-state index < -0.39 is 0 Å². The summed E-state index contributed by atoms with van der Waals surface area (Å²) in [4.78, 5) is 5.02. The molecule has 4 rings (SSSR count). The van der Waals surface area contributed by atoms with Gasteiger partial charge in [-0.1, -0.05) is 54.6 Å². The topological polar surface area (TPSA) is 31.4 Å². The molecule has 4 aromatic rings. The van der Waals surface area contributed by atoms with Gasteiger partial charge >= 0.3 is 0 Å². The summed E-state index contributed by atoms with van der Waals surface area (Å²) < 4.78 is 11.1. The fraction of sp³-hybridized carbons (Fsp3) is 0.192. The van der Waals surface area contributed by atoms with E-state index >= 15 is 0 Å². The molecule has 0 spiro atoms. The van der Waals surface area contributed by atoms with Gasteiger partial charge in [0.25, 0.3) is 0 Å². The van der Waals surface area contributed by atoms with Crippen LogP contribution in [0, 0.1) is 0 Å². The Morgan fingerprint density at radius 2 is 1.28 bits per heavy atom. The van der Waals surface area contributed by atoms with Crippen LogP contribution in [0.25, 0.3) is 10.9 Å². The number of aromatic nitrogens is 1. The lowest BCUT2D eigenvalue weighted by molar-refractivity contribution is 0.409. The molecule has 0 aliphatic carbocycles. The number of methoxy groups -OCH3 is 2. The molecule has 0 aliphatic heterocycles. The van der Waals surface area contributed by atoms with Crippen molar-refractivity contribution in [3.8, 4) is 11.5 Å². The first-order valence-electron chi connectivity index (χ1n) is 9.90. The van der Waals surface area contributed by atoms with Crippen LogP contribution in [0.1, 0.15) is 22.4 Å². The highest BCUT2D eigenvalue weighted by Gasteiger charge is 2.12. The SMILES string of the molecule is COc1ccccc1CCc1nc2ccccc2cc1Cc1ccccc1OC. The molecule has 3 nitrogen and oxygen atoms in total. The number of benzene rings is 3. The van der Waals surface area contributed by atoms with Gasteiger partial charge in [0.2, 0.25) is 0 Å². The maximum Gasteiger partial charge on any atom is 0.122 e. The van der Waals surface area contributed by atoms with Crippen molar-refractivity contribution in [1.82, 2.24) is 4.98 Å². The summed E-state index contributed by atoms with van der Waals surface area (Å²) in [5.74, 6) is 1.84. The van der Waals surface area contributed by atoms with Gasteiger partial charge in [0.15, 0.2) is 0 Å². The number of rotatable bonds is 7. The van der Waals surface area contributed by atoms with Crippen LogP contribution in [0.5, 0.6) is 11.5 Å². The third-order valence-corrected chi connectivity index (χ3v) is 5.29. The normalized spacial score (nSPS) is 10.8. The van der Waals surface area contributed by atoms with Gasteiger partial charge < -0.3 is 9.47 Å². The summed E-state index contributed by atoms with van der Waals surface area (Å²) in [6, 6.07) is 27.0. The maximum atomic E-state index is 5.57. The molecular weight excluding hydrogens is 358 g/mol. The molecule has 1 heterocycles. The summed E-state index contributed by atoms with van der Waals surface area (Å²) in [7, 11) is 3.44. The van der Waals surface area contributed by atoms with E-state index in [-0.39, 0.29) is 0 Å². The van der Waals surface area contributed by atoms with Crippen LogP contribution in [-0.4, -0.2) is 19.2 Å². The molecule has 3 heteroatoms. The Balaban J connectivity index is 1.70. The summed E-state index contributed by atoms with van der Waals surface area (Å²) in [5, 5.41) is 1.17. The van der Waals surface area contributed by atoms with Crippen LogP contribution < -0.4 is 9.47 Å². The number of fused-ring (bicyclic) bond motifs is 1. The zero-order valence-electron chi connectivity index (χ0n) is 16.9. The van der Waals surface area contributed by atoms with Gasteiger partial charge in [-0.05, 0) is 53.8 Å². The van der Waals surface area contributed by atoms with Gasteiger partial charge in [0.05, 0.1) is 19.7 Å². The van der Waals surface area contributed by atoms with E-state index in [1.807, 2.05) is 30.3 Å². The molecule has 0 radical (unpaired) electrons. The maximum absolute atomic E-state index is 5.57. The van der Waals surface area contributed by atoms with Crippen LogP contribution in [0.15, 0.2) is 78.9 Å². The Hall–Kier alpha value is -3.33. The van der Waals surface area contributed by atoms with Gasteiger partial charge in [0, 0.05) is 17.5 Å². The lowest BCUT2D eigenvalue weighted by Crippen LogP contribution is -2.04. The highest BCUT2D eigenvalue weighted by molar-refractivity contribution is 5.79. The molecule has 0 N–H and O–H groups in total. The van der Waals surface area contributed by atoms with Crippen LogP contribution >= 0.6 is 0 Å². The van der Waals surface area contributed by atoms with Crippen LogP contribution in [0.3, 0.4) is 0 Å². The lowest BCUT2D eigenvalue weighted by atomic mass is 9.97. The first-order valence-corrected chi connectivity index (χ1v) is 9.90. The fourth-order valence-electron chi connectivity index (χ4n) is 3.79. The number of hydrogen-bond donors (Lipinski definition) is 0. The smallest absolute Gasteiger partial charge is 0.122 e. The largest absolute Gasteiger partial charge is 0.496 e. The van der Waals surface area contributed by atoms with Crippen molar-refractivity contribution in [2.75, 3.05) is 14.2 Å². The van der Waals surface area contributed by atoms with Gasteiger partial charge in [-0.3, -0.25) is 4.98 Å². The molecule has 0 saturated heterocycles. The molecule has 29 heavy (non-hydrogen) atoms. The van der Waals surface area contributed by atoms with Gasteiger partial charge in [0.1, 0.15) is 11.5 Å². The standard InChI is InChI=1S/C26H25NO2/c1-28-25-13-7-4-9-19(25)15-16-24-22(17-20-10-3-6-12-23(20)27-24)18-21-11-5-8-14-26(21)29-2/h3-14,17H,15-16,18H2,1-2H3. The van der Waals surface area contributed by atoms with E-state index in [1.165, 1.54) is 22.1 Å². The molecule has 0 bridgehead atoms. The van der Waals surface area contributed by atoms with E-state index in [2.05, 4.69) is 48.5 Å². The molecule has 0 amide bonds. The van der Waals surface area contributed by atoms with E-state index in [9.17, 15) is 0 Å². The quantitative estimate of drug-likeness (QED) is 0.415. The zero-order valence-corrected chi connectivity index (χ0v) is 16.9. The average Bonchev–Trinajstić information content (AvgIpc) is 2.78. The molecule has 1 aromatic heterocycles. The number of ether oxygens (including phenoxy) is 2. The predicted octanol–water partition coefficient (Wildman–Crippen LogP) is 5.63. The van der Waals surface area contributed by atoms with Gasteiger partial charge in [-0.15, -0.1) is 0 Å². The fourth-order valence-corrected chi connectivity index (χ4v) is 3.79. The van der Waals surface area contributed by atoms with Crippen molar-refractivity contribution in [2.45, 2.75) is 19.3 Å². The lowest BCUT2D eigenvalue weighted by Gasteiger charge is -2.14. The minimum Gasteiger partial charge on any atom is -0.496 e. The molecular formula is C26H25NO2. The highest BCUT2D eigenvalue weighted by atomic mass is 16.5. The monoisotopic (exact) mass is 383 g/mol. The third-order valence-electron chi connectivity index (χ3n) is 5.29. The number of pyridine rings is 1. The minimum atomic E-state index is 0.795. The highest BCUT2D eigenvalue weighted by Crippen LogP contribution is 2.26. The van der Waals surface area contributed by atoms with E-state index in [0.717, 1.165) is 42.0 Å². The molecule has 146 valence electrons. The predicted molar refractivity (Wildman–Crippen MR) is 118 cm³/mol. The van der Waals surface area contributed by atoms with Crippen molar-refractivity contribution >= 4 is 10.9 Å². The Morgan fingerprint density at radius 1 is 0.655 bits per heavy atom. The first-order chi connectivity index (χ1) is 14.3. The van der Waals surface area contributed by atoms with Crippen molar-refractivity contribution in [1.29, 1.82) is 0 Å². The third kappa shape index (κ3) is 4.24. The molecule has 0 fully saturated rings. The number of nitrogens with zero attached hydrogens (tertiary/aromatic N) is 1. The molecule has 3 aromatic carbocycles. The second-order valence-electron chi connectivity index (χ2n) is 7.09. The number of para-hydroxylation sites is 3. The second-order valence-corrected chi connectivity index (χ2v) is 7.09. The van der Waals surface area contributed by atoms with Gasteiger partial charge in [-0.2, -0.15) is 0 Å². The summed E-state index contributed by atoms with van der Waals surface area (Å²) in [6.07, 6.45) is 2.53. The Kier molecular flexibility index (Phi) is 5.76. The summed E-state index contributed by atoms with van der Waals surface area (Å²) in [6.45, 7) is 0. The van der Waals surface area contributed by atoms with Crippen molar-refractivity contribution in [2.24, 2.45) is 0 Å². The van der Waals surface area contributed by atoms with E-state index in [4.69, 9.17) is 14.5 Å². The Morgan fingerprint density at radius 3 is 2.03 bits per heavy atom. The van der Waals surface area contributed by atoms with Crippen LogP contribution in [0.4, 0.5) is 0 Å². The van der Waals surface area contributed by atoms with Crippen molar-refractivity contribution < 1.29 is 9.47 Å². The van der Waals surface area contributed by atoms with Crippen molar-refractivity contribution in [3.05, 3.63) is 101 Å². The average molecular weight is 383 g/mol. The Bertz CT molecular complexity index is 1120. The van der Waals surface area contributed by atoms with Crippen molar-refractivity contribution in [3.63, 3.8) is 0 Å². The van der Waals surface area contributed by atoms with Crippen LogP contribution in [-0.2, 0) is 19.3 Å². The Labute approximate surface area is 171 Å². The second kappa shape index (κ2) is 8.78. The molecule has 0 aliphatic rings. The number of aryl methyl sites for hydroxylation is 2. The first kappa shape index (κ1) is 19.0. The molecule has 0 atom stereocenters. The van der Waals surface area contributed by atoms with Crippen LogP contribution in [0.2, 0.25) is 0 Å². The van der Waals surface area contributed by atoms with E-state index in [1.54, 1.807) is 14.2 Å². The molecule has 0 saturated carbocycles. The summed E-state index contributed by atoms with van der Waals surface area (Å²) in [5.41, 5.74) is 5.77. The van der Waals surface area contributed by atoms with Gasteiger partial charge in [-0.25, -0.2) is 0 Å². The minimum absolute atomic E-state index is 0.795.